The smallest absolute Gasteiger partial charge is 0.305 e. The zero-order valence-electron chi connectivity index (χ0n) is 22.7. The summed E-state index contributed by atoms with van der Waals surface area (Å²) in [4.78, 5) is 41.1. The van der Waals surface area contributed by atoms with Gasteiger partial charge in [-0.1, -0.05) is 35.5 Å². The quantitative estimate of drug-likeness (QED) is 0.170. The average Bonchev–Trinajstić information content (AvgIpc) is 3.58. The molecule has 0 saturated heterocycles. The zero-order chi connectivity index (χ0) is 29.6. The molecule has 0 fully saturated rings. The number of amides is 2. The number of rotatable bonds is 11. The summed E-state index contributed by atoms with van der Waals surface area (Å²) in [6.07, 6.45) is -0.253. The second-order valence-corrected chi connectivity index (χ2v) is 9.44. The van der Waals surface area contributed by atoms with Gasteiger partial charge in [0.1, 0.15) is 17.0 Å². The van der Waals surface area contributed by atoms with Gasteiger partial charge in [0.15, 0.2) is 11.3 Å². The molecule has 0 radical (unpaired) electrons. The molecule has 0 aliphatic carbocycles. The molecule has 5 rings (SSSR count). The van der Waals surface area contributed by atoms with Gasteiger partial charge < -0.3 is 34.7 Å². The number of benzene rings is 3. The van der Waals surface area contributed by atoms with E-state index in [1.54, 1.807) is 56.5 Å². The number of carbonyl (C=O) groups is 3. The summed E-state index contributed by atoms with van der Waals surface area (Å²) >= 11 is 0. The fraction of sp³-hybridized carbons (Fsp3) is 0.167. The van der Waals surface area contributed by atoms with Crippen LogP contribution in [-0.2, 0) is 16.0 Å². The molecule has 0 spiro atoms. The fourth-order valence-electron chi connectivity index (χ4n) is 4.32. The Labute approximate surface area is 239 Å². The minimum atomic E-state index is -1.08. The summed E-state index contributed by atoms with van der Waals surface area (Å²) in [6.45, 7) is 1.65. The molecular weight excluding hydrogens is 542 g/mol. The minimum absolute atomic E-state index is 0.0548. The molecule has 3 aromatic carbocycles. The van der Waals surface area contributed by atoms with Crippen molar-refractivity contribution in [2.24, 2.45) is 0 Å². The normalized spacial score (nSPS) is 11.6. The van der Waals surface area contributed by atoms with E-state index in [4.69, 9.17) is 13.7 Å². The van der Waals surface area contributed by atoms with Crippen LogP contribution in [0.5, 0.6) is 5.75 Å². The number of carboxylic acid groups (broad SMARTS) is 1. The Hall–Kier alpha value is -5.65. The number of nitrogens with one attached hydrogen (secondary N) is 3. The van der Waals surface area contributed by atoms with Gasteiger partial charge in [0.25, 0.3) is 11.9 Å². The van der Waals surface area contributed by atoms with Crippen molar-refractivity contribution in [3.8, 4) is 5.75 Å². The van der Waals surface area contributed by atoms with Crippen LogP contribution in [-0.4, -0.2) is 40.1 Å². The van der Waals surface area contributed by atoms with Crippen LogP contribution in [0.2, 0.25) is 0 Å². The van der Waals surface area contributed by atoms with E-state index in [2.05, 4.69) is 26.1 Å². The topological polar surface area (TPSA) is 169 Å². The molecule has 42 heavy (non-hydrogen) atoms. The lowest BCUT2D eigenvalue weighted by atomic mass is 10.0. The first-order valence-electron chi connectivity index (χ1n) is 12.9. The van der Waals surface area contributed by atoms with Crippen LogP contribution in [0, 0.1) is 6.92 Å². The van der Waals surface area contributed by atoms with Gasteiger partial charge in [-0.25, -0.2) is 0 Å². The second kappa shape index (κ2) is 12.3. The van der Waals surface area contributed by atoms with Crippen molar-refractivity contribution < 1.29 is 33.2 Å². The highest BCUT2D eigenvalue weighted by atomic mass is 16.5. The molecule has 5 aromatic rings. The summed E-state index contributed by atoms with van der Waals surface area (Å²) in [5, 5.41) is 21.6. The molecule has 0 aliphatic heterocycles. The Morgan fingerprint density at radius 1 is 1.02 bits per heavy atom. The van der Waals surface area contributed by atoms with Crippen LogP contribution >= 0.6 is 0 Å². The van der Waals surface area contributed by atoms with Crippen molar-refractivity contribution in [1.29, 1.82) is 0 Å². The molecule has 12 nitrogen and oxygen atoms in total. The highest BCUT2D eigenvalue weighted by Gasteiger charge is 2.21. The Balaban J connectivity index is 1.22. The number of fused-ring (bicyclic) bond motifs is 1. The molecule has 12 heteroatoms. The lowest BCUT2D eigenvalue weighted by Crippen LogP contribution is -2.30. The number of nitrogens with zero attached hydrogens (tertiary/aromatic N) is 2. The monoisotopic (exact) mass is 569 g/mol. The van der Waals surface area contributed by atoms with E-state index in [9.17, 15) is 19.5 Å². The molecule has 2 heterocycles. The van der Waals surface area contributed by atoms with Crippen molar-refractivity contribution in [1.82, 2.24) is 15.5 Å². The Morgan fingerprint density at radius 2 is 1.81 bits per heavy atom. The van der Waals surface area contributed by atoms with E-state index in [1.165, 1.54) is 6.07 Å². The first-order chi connectivity index (χ1) is 20.3. The van der Waals surface area contributed by atoms with Crippen LogP contribution in [0.25, 0.3) is 11.1 Å². The SMILES string of the molecule is COc1ccccc1Nc1nc2ccc(CC(=O)Nc3ccc(C(CC(=O)O)NC(=O)c4cc(C)on4)cc3)cc2o1. The largest absolute Gasteiger partial charge is 0.495 e. The molecule has 4 N–H and O–H groups in total. The van der Waals surface area contributed by atoms with Gasteiger partial charge in [-0.15, -0.1) is 0 Å². The third-order valence-electron chi connectivity index (χ3n) is 6.31. The standard InChI is InChI=1S/C30H27N5O7/c1-17-13-24(35-42-17)29(39)32-23(16-28(37)38)19-8-10-20(11-9-19)31-27(36)15-18-7-12-22-26(14-18)41-30(34-22)33-21-5-3-4-6-25(21)40-2/h3-14,23H,15-16H2,1-2H3,(H,31,36)(H,32,39)(H,33,34)(H,37,38). The van der Waals surface area contributed by atoms with E-state index < -0.39 is 17.9 Å². The van der Waals surface area contributed by atoms with E-state index >= 15 is 0 Å². The second-order valence-electron chi connectivity index (χ2n) is 9.44. The van der Waals surface area contributed by atoms with Crippen LogP contribution in [0.1, 0.15) is 39.8 Å². The number of hydrogen-bond acceptors (Lipinski definition) is 9. The van der Waals surface area contributed by atoms with Crippen molar-refractivity contribution in [3.63, 3.8) is 0 Å². The molecule has 2 aromatic heterocycles. The van der Waals surface area contributed by atoms with Gasteiger partial charge in [0, 0.05) is 11.8 Å². The number of hydrogen-bond donors (Lipinski definition) is 4. The Bertz CT molecular complexity index is 1740. The number of aliphatic carboxylic acids is 1. The number of ether oxygens (including phenoxy) is 1. The van der Waals surface area contributed by atoms with Gasteiger partial charge in [0.05, 0.1) is 31.7 Å². The molecule has 0 saturated carbocycles. The maximum atomic E-state index is 12.8. The van der Waals surface area contributed by atoms with Gasteiger partial charge in [-0.2, -0.15) is 4.98 Å². The fourth-order valence-corrected chi connectivity index (χ4v) is 4.32. The van der Waals surface area contributed by atoms with E-state index in [1.807, 2.05) is 24.3 Å². The molecule has 1 unspecified atom stereocenters. The van der Waals surface area contributed by atoms with E-state index in [-0.39, 0.29) is 24.4 Å². The number of para-hydroxylation sites is 2. The summed E-state index contributed by atoms with van der Waals surface area (Å²) in [7, 11) is 1.58. The van der Waals surface area contributed by atoms with E-state index in [0.29, 0.717) is 45.6 Å². The van der Waals surface area contributed by atoms with Gasteiger partial charge in [-0.05, 0) is 54.4 Å². The molecular formula is C30H27N5O7. The lowest BCUT2D eigenvalue weighted by molar-refractivity contribution is -0.137. The van der Waals surface area contributed by atoms with Crippen molar-refractivity contribution in [2.45, 2.75) is 25.8 Å². The van der Waals surface area contributed by atoms with Crippen LogP contribution in [0.3, 0.4) is 0 Å². The van der Waals surface area contributed by atoms with Gasteiger partial charge in [-0.3, -0.25) is 14.4 Å². The maximum Gasteiger partial charge on any atom is 0.305 e. The van der Waals surface area contributed by atoms with Crippen LogP contribution in [0.15, 0.2) is 81.7 Å². The molecule has 214 valence electrons. The van der Waals surface area contributed by atoms with Crippen molar-refractivity contribution in [3.05, 3.63) is 95.4 Å². The number of carbonyl (C=O) groups excluding carboxylic acids is 2. The summed E-state index contributed by atoms with van der Waals surface area (Å²) in [6, 6.07) is 20.3. The zero-order valence-corrected chi connectivity index (χ0v) is 22.7. The third kappa shape index (κ3) is 6.73. The number of methoxy groups -OCH3 is 1. The summed E-state index contributed by atoms with van der Waals surface area (Å²) in [5.74, 6) is -0.788. The number of aromatic nitrogens is 2. The molecule has 2 amide bonds. The molecule has 0 bridgehead atoms. The van der Waals surface area contributed by atoms with Gasteiger partial charge >= 0.3 is 5.97 Å². The number of anilines is 3. The van der Waals surface area contributed by atoms with Crippen LogP contribution < -0.4 is 20.7 Å². The number of aryl methyl sites for hydroxylation is 1. The number of carboxylic acids is 1. The van der Waals surface area contributed by atoms with Crippen molar-refractivity contribution in [2.75, 3.05) is 17.7 Å². The Morgan fingerprint density at radius 3 is 2.52 bits per heavy atom. The Kier molecular flexibility index (Phi) is 8.14. The van der Waals surface area contributed by atoms with E-state index in [0.717, 1.165) is 5.56 Å². The van der Waals surface area contributed by atoms with Gasteiger partial charge in [0.2, 0.25) is 5.91 Å². The maximum absolute atomic E-state index is 12.8. The number of oxazole rings is 1. The summed E-state index contributed by atoms with van der Waals surface area (Å²) in [5.41, 5.74) is 3.71. The average molecular weight is 570 g/mol. The van der Waals surface area contributed by atoms with Crippen molar-refractivity contribution >= 4 is 46.3 Å². The summed E-state index contributed by atoms with van der Waals surface area (Å²) < 4.78 is 16.1. The lowest BCUT2D eigenvalue weighted by Gasteiger charge is -2.17. The van der Waals surface area contributed by atoms with Crippen LogP contribution in [0.4, 0.5) is 17.4 Å². The minimum Gasteiger partial charge on any atom is -0.495 e. The first kappa shape index (κ1) is 27.9. The highest BCUT2D eigenvalue weighted by molar-refractivity contribution is 5.93. The third-order valence-corrected chi connectivity index (χ3v) is 6.31. The molecule has 1 atom stereocenters. The predicted molar refractivity (Wildman–Crippen MR) is 153 cm³/mol. The first-order valence-corrected chi connectivity index (χ1v) is 12.9. The highest BCUT2D eigenvalue weighted by Crippen LogP contribution is 2.29. The predicted octanol–water partition coefficient (Wildman–Crippen LogP) is 5.00. The molecule has 0 aliphatic rings.